The average Bonchev–Trinajstić information content (AvgIpc) is 3.40. The average molecular weight is 625 g/mol. The summed E-state index contributed by atoms with van der Waals surface area (Å²) in [6.07, 6.45) is -0.267. The molecule has 3 aromatic rings. The Balaban J connectivity index is 1.57. The minimum absolute atomic E-state index is 0.00371. The summed E-state index contributed by atoms with van der Waals surface area (Å²) >= 11 is 0. The predicted molar refractivity (Wildman–Crippen MR) is 160 cm³/mol. The third-order valence-electron chi connectivity index (χ3n) is 8.79. The maximum Gasteiger partial charge on any atom is 0.416 e. The zero-order valence-corrected chi connectivity index (χ0v) is 25.3. The van der Waals surface area contributed by atoms with E-state index in [4.69, 9.17) is 4.74 Å². The van der Waals surface area contributed by atoms with Crippen molar-refractivity contribution in [3.63, 3.8) is 0 Å². The number of aromatic nitrogens is 3. The van der Waals surface area contributed by atoms with E-state index >= 15 is 0 Å². The molecule has 238 valence electrons. The predicted octanol–water partition coefficient (Wildman–Crippen LogP) is 4.82. The number of nitrogens with one attached hydrogen (secondary N) is 1. The van der Waals surface area contributed by atoms with Crippen LogP contribution < -0.4 is 10.6 Å². The number of benzene rings is 2. The van der Waals surface area contributed by atoms with Gasteiger partial charge in [-0.25, -0.2) is 19.3 Å². The second kappa shape index (κ2) is 12.9. The lowest BCUT2D eigenvalue weighted by Crippen LogP contribution is -2.38. The number of ether oxygens (including phenoxy) is 1. The van der Waals surface area contributed by atoms with Crippen LogP contribution in [0.4, 0.5) is 24.8 Å². The molecule has 2 heterocycles. The van der Waals surface area contributed by atoms with Gasteiger partial charge in [-0.2, -0.15) is 18.4 Å². The number of anilines is 2. The van der Waals surface area contributed by atoms with E-state index in [1.807, 2.05) is 0 Å². The van der Waals surface area contributed by atoms with Gasteiger partial charge in [-0.3, -0.25) is 4.90 Å². The van der Waals surface area contributed by atoms with Crippen LogP contribution in [0.25, 0.3) is 0 Å². The molecule has 0 saturated heterocycles. The molecule has 5 rings (SSSR count). The van der Waals surface area contributed by atoms with E-state index in [2.05, 4.69) is 28.2 Å². The number of methoxy groups -OCH3 is 1. The first-order valence-corrected chi connectivity index (χ1v) is 14.8. The first-order chi connectivity index (χ1) is 21.4. The highest BCUT2D eigenvalue weighted by Crippen LogP contribution is 2.43. The summed E-state index contributed by atoms with van der Waals surface area (Å²) in [5.74, 6) is -0.758. The van der Waals surface area contributed by atoms with E-state index in [1.165, 1.54) is 28.7 Å². The van der Waals surface area contributed by atoms with Crippen LogP contribution in [-0.2, 0) is 22.1 Å². The van der Waals surface area contributed by atoms with Gasteiger partial charge in [-0.1, -0.05) is 12.1 Å². The van der Waals surface area contributed by atoms with Gasteiger partial charge in [0.1, 0.15) is 6.04 Å². The topological polar surface area (TPSA) is 127 Å². The van der Waals surface area contributed by atoms with Crippen LogP contribution in [0.3, 0.4) is 0 Å². The molecule has 1 saturated carbocycles. The number of nitriles is 1. The van der Waals surface area contributed by atoms with E-state index in [0.29, 0.717) is 30.0 Å². The second-order valence-electron chi connectivity index (χ2n) is 11.5. The Morgan fingerprint density at radius 1 is 1.20 bits per heavy atom. The van der Waals surface area contributed by atoms with Crippen LogP contribution in [0.5, 0.6) is 0 Å². The van der Waals surface area contributed by atoms with Crippen molar-refractivity contribution in [3.8, 4) is 6.07 Å². The standard InChI is InChI=1S/C32H35F3N6O4/c1-19-27(29(43)45-3)28(41-30(37-38-31(41)44)40(19)24-8-4-7-22(17-24)32(33,34)35)26-14-9-20(18-36)16-21(26)6-5-15-39(2)23-10-12-25(42)13-11-23/h4,7-9,14,16-17,23,25,28,42H,5-6,10-13,15H2,1-3H3,(H,38,44)/t23-,25-,28-/m1/s1. The van der Waals surface area contributed by atoms with Gasteiger partial charge in [-0.05, 0) is 100 Å². The van der Waals surface area contributed by atoms with Crippen molar-refractivity contribution in [2.45, 2.75) is 69.8 Å². The van der Waals surface area contributed by atoms with Gasteiger partial charge in [-0.15, -0.1) is 5.10 Å². The van der Waals surface area contributed by atoms with Crippen LogP contribution in [-0.4, -0.2) is 63.6 Å². The Hall–Kier alpha value is -4.41. The fraction of sp³-hybridized carbons (Fsp3) is 0.438. The quantitative estimate of drug-likeness (QED) is 0.342. The smallest absolute Gasteiger partial charge is 0.416 e. The molecular weight excluding hydrogens is 589 g/mol. The summed E-state index contributed by atoms with van der Waals surface area (Å²) in [6.45, 7) is 2.32. The van der Waals surface area contributed by atoms with Crippen LogP contribution >= 0.6 is 0 Å². The number of carbonyl (C=O) groups excluding carboxylic acids is 1. The van der Waals surface area contributed by atoms with E-state index in [-0.39, 0.29) is 29.0 Å². The molecule has 1 aliphatic heterocycles. The maximum absolute atomic E-state index is 13.6. The monoisotopic (exact) mass is 624 g/mol. The Labute approximate surface area is 258 Å². The number of nitrogens with zero attached hydrogens (tertiary/aromatic N) is 5. The number of fused-ring (bicyclic) bond motifs is 1. The van der Waals surface area contributed by atoms with Gasteiger partial charge in [0, 0.05) is 17.4 Å². The third-order valence-corrected chi connectivity index (χ3v) is 8.79. The number of hydrogen-bond acceptors (Lipinski definition) is 8. The number of alkyl halides is 3. The van der Waals surface area contributed by atoms with Crippen molar-refractivity contribution in [1.82, 2.24) is 19.7 Å². The molecule has 45 heavy (non-hydrogen) atoms. The lowest BCUT2D eigenvalue weighted by molar-refractivity contribution is -0.138. The molecule has 0 unspecified atom stereocenters. The van der Waals surface area contributed by atoms with Crippen molar-refractivity contribution < 1.29 is 27.8 Å². The van der Waals surface area contributed by atoms with Crippen LogP contribution in [0.1, 0.15) is 67.3 Å². The molecule has 2 aromatic carbocycles. The van der Waals surface area contributed by atoms with Gasteiger partial charge in [0.05, 0.1) is 36.0 Å². The summed E-state index contributed by atoms with van der Waals surface area (Å²) in [7, 11) is 3.25. The zero-order valence-electron chi connectivity index (χ0n) is 25.3. The molecule has 1 fully saturated rings. The maximum atomic E-state index is 13.6. The number of aliphatic hydroxyl groups excluding tert-OH is 1. The molecule has 0 radical (unpaired) electrons. The molecular formula is C32H35F3N6O4. The first-order valence-electron chi connectivity index (χ1n) is 14.8. The molecule has 0 spiro atoms. The van der Waals surface area contributed by atoms with Crippen molar-refractivity contribution in [1.29, 1.82) is 5.26 Å². The molecule has 2 aliphatic rings. The van der Waals surface area contributed by atoms with Gasteiger partial charge in [0.15, 0.2) is 0 Å². The second-order valence-corrected chi connectivity index (χ2v) is 11.5. The van der Waals surface area contributed by atoms with Crippen LogP contribution in [0.2, 0.25) is 0 Å². The van der Waals surface area contributed by atoms with E-state index in [0.717, 1.165) is 49.9 Å². The van der Waals surface area contributed by atoms with Crippen LogP contribution in [0, 0.1) is 11.3 Å². The first kappa shape index (κ1) is 32.0. The van der Waals surface area contributed by atoms with E-state index in [1.54, 1.807) is 25.1 Å². The number of H-pyrrole nitrogens is 1. The Morgan fingerprint density at radius 3 is 2.60 bits per heavy atom. The molecule has 0 bridgehead atoms. The van der Waals surface area contributed by atoms with Crippen molar-refractivity contribution in [2.75, 3.05) is 25.6 Å². The molecule has 1 aromatic heterocycles. The number of aliphatic hydroxyl groups is 1. The lowest BCUT2D eigenvalue weighted by atomic mass is 9.88. The summed E-state index contributed by atoms with van der Waals surface area (Å²) in [6, 6.07) is 11.1. The van der Waals surface area contributed by atoms with Gasteiger partial charge in [0.2, 0.25) is 5.95 Å². The molecule has 2 N–H and O–H groups in total. The van der Waals surface area contributed by atoms with E-state index < -0.39 is 29.4 Å². The molecule has 1 atom stereocenters. The number of allylic oxidation sites excluding steroid dienone is 1. The number of aryl methyl sites for hydroxylation is 1. The minimum Gasteiger partial charge on any atom is -0.466 e. The summed E-state index contributed by atoms with van der Waals surface area (Å²) in [4.78, 5) is 30.4. The molecule has 1 aliphatic carbocycles. The zero-order chi connectivity index (χ0) is 32.5. The third kappa shape index (κ3) is 6.39. The number of rotatable bonds is 8. The fourth-order valence-electron chi connectivity index (χ4n) is 6.44. The number of hydrogen-bond donors (Lipinski definition) is 2. The van der Waals surface area contributed by atoms with Gasteiger partial charge >= 0.3 is 17.8 Å². The van der Waals surface area contributed by atoms with E-state index in [9.17, 15) is 33.1 Å². The van der Waals surface area contributed by atoms with Crippen molar-refractivity contribution >= 4 is 17.6 Å². The number of halogens is 3. The summed E-state index contributed by atoms with van der Waals surface area (Å²) in [5.41, 5.74) is 0.503. The largest absolute Gasteiger partial charge is 0.466 e. The van der Waals surface area contributed by atoms with Gasteiger partial charge < -0.3 is 14.7 Å². The summed E-state index contributed by atoms with van der Waals surface area (Å²) in [5, 5.41) is 26.1. The Morgan fingerprint density at radius 2 is 1.93 bits per heavy atom. The highest BCUT2D eigenvalue weighted by Gasteiger charge is 2.41. The number of carbonyl (C=O) groups is 1. The minimum atomic E-state index is -4.62. The highest BCUT2D eigenvalue weighted by molar-refractivity contribution is 5.93. The Kier molecular flexibility index (Phi) is 9.18. The summed E-state index contributed by atoms with van der Waals surface area (Å²) < 4.78 is 47.3. The highest BCUT2D eigenvalue weighted by atomic mass is 19.4. The SMILES string of the molecule is COC(=O)C1=C(C)N(c2cccc(C(F)(F)F)c2)c2n[nH]c(=O)n2[C@@H]1c1ccc(C#N)cc1CCCN(C)[C@H]1CC[C@H](O)CC1. The van der Waals surface area contributed by atoms with Gasteiger partial charge in [0.25, 0.3) is 0 Å². The van der Waals surface area contributed by atoms with Crippen LogP contribution in [0.15, 0.2) is 58.5 Å². The molecule has 0 amide bonds. The van der Waals surface area contributed by atoms with Crippen molar-refractivity contribution in [3.05, 3.63) is 86.5 Å². The lowest BCUT2D eigenvalue weighted by Gasteiger charge is -2.36. The molecule has 13 heteroatoms. The number of aromatic amines is 1. The normalized spacial score (nSPS) is 20.2. The van der Waals surface area contributed by atoms with Crippen molar-refractivity contribution in [2.24, 2.45) is 0 Å². The number of esters is 1. The molecule has 10 nitrogen and oxygen atoms in total. The Bertz CT molecular complexity index is 1700. The fourth-order valence-corrected chi connectivity index (χ4v) is 6.44.